The van der Waals surface area contributed by atoms with E-state index < -0.39 is 35.2 Å². The van der Waals surface area contributed by atoms with E-state index in [4.69, 9.17) is 5.73 Å². The van der Waals surface area contributed by atoms with Crippen molar-refractivity contribution in [2.24, 2.45) is 5.73 Å². The van der Waals surface area contributed by atoms with Crippen molar-refractivity contribution in [2.45, 2.75) is 24.9 Å². The summed E-state index contributed by atoms with van der Waals surface area (Å²) < 4.78 is 79.3. The highest BCUT2D eigenvalue weighted by Gasteiger charge is 2.37. The van der Waals surface area contributed by atoms with Gasteiger partial charge in [0.05, 0.1) is 17.2 Å². The lowest BCUT2D eigenvalue weighted by molar-refractivity contribution is -0.142. The van der Waals surface area contributed by atoms with Gasteiger partial charge in [-0.15, -0.1) is 0 Å². The molecule has 1 heterocycles. The van der Waals surface area contributed by atoms with Crippen molar-refractivity contribution in [3.8, 4) is 0 Å². The van der Waals surface area contributed by atoms with Crippen LogP contribution in [0.3, 0.4) is 0 Å². The van der Waals surface area contributed by atoms with Crippen LogP contribution in [0.2, 0.25) is 0 Å². The Morgan fingerprint density at radius 2 is 1.69 bits per heavy atom. The molecule has 0 radical (unpaired) electrons. The number of hydrogen-bond acceptors (Lipinski definition) is 5. The monoisotopic (exact) mass is 424 g/mol. The molecule has 0 aliphatic rings. The van der Waals surface area contributed by atoms with Crippen LogP contribution < -0.4 is 16.4 Å². The smallest absolute Gasteiger partial charge is 0.387 e. The predicted octanol–water partition coefficient (Wildman–Crippen LogP) is 2.83. The Balaban J connectivity index is 2.29. The van der Waals surface area contributed by atoms with E-state index in [0.717, 1.165) is 12.5 Å². The minimum atomic E-state index is -4.96. The Morgan fingerprint density at radius 1 is 1.00 bits per heavy atom. The zero-order chi connectivity index (χ0) is 21.7. The highest BCUT2D eigenvalue weighted by atomic mass is 19.4. The number of nitrogens with two attached hydrogens (primary N) is 1. The van der Waals surface area contributed by atoms with Crippen LogP contribution in [-0.4, -0.2) is 42.8 Å². The number of nitrogens with one attached hydrogen (secondary N) is 2. The van der Waals surface area contributed by atoms with Gasteiger partial charge in [0.2, 0.25) is 0 Å². The maximum absolute atomic E-state index is 13.2. The van der Waals surface area contributed by atoms with Crippen LogP contribution in [0.15, 0.2) is 24.3 Å². The molecule has 1 aromatic heterocycles. The Hall–Kier alpha value is -1.95. The Bertz CT molecular complexity index is 809. The van der Waals surface area contributed by atoms with Gasteiger partial charge in [0, 0.05) is 25.0 Å². The molecule has 0 aliphatic heterocycles. The zero-order valence-corrected chi connectivity index (χ0v) is 15.4. The number of rotatable bonds is 9. The van der Waals surface area contributed by atoms with Crippen LogP contribution in [0.1, 0.15) is 29.3 Å². The first kappa shape index (κ1) is 23.3. The number of benzene rings is 1. The predicted molar refractivity (Wildman–Crippen MR) is 96.1 cm³/mol. The summed E-state index contributed by atoms with van der Waals surface area (Å²) in [5, 5.41) is 16.1. The molecule has 2 rings (SSSR count). The second kappa shape index (κ2) is 9.70. The molecule has 162 valence electrons. The van der Waals surface area contributed by atoms with Gasteiger partial charge >= 0.3 is 12.4 Å². The highest BCUT2D eigenvalue weighted by Crippen LogP contribution is 2.38. The number of aliphatic hydroxyl groups is 1. The summed E-state index contributed by atoms with van der Waals surface area (Å²) in [5.74, 6) is 0. The summed E-state index contributed by atoms with van der Waals surface area (Å²) >= 11 is 0. The number of aliphatic hydroxyl groups excluding tert-OH is 1. The second-order valence-electron chi connectivity index (χ2n) is 6.41. The number of hydrogen-bond donors (Lipinski definition) is 4. The van der Waals surface area contributed by atoms with Gasteiger partial charge in [0.15, 0.2) is 0 Å². The molecule has 5 nitrogen and oxygen atoms in total. The fourth-order valence-corrected chi connectivity index (χ4v) is 2.80. The topological polar surface area (TPSA) is 83.2 Å². The van der Waals surface area contributed by atoms with Gasteiger partial charge in [-0.2, -0.15) is 26.3 Å². The molecule has 1 atom stereocenters. The zero-order valence-electron chi connectivity index (χ0n) is 15.4. The van der Waals surface area contributed by atoms with Crippen molar-refractivity contribution in [2.75, 3.05) is 32.7 Å². The van der Waals surface area contributed by atoms with Gasteiger partial charge in [-0.1, -0.05) is 12.1 Å². The summed E-state index contributed by atoms with van der Waals surface area (Å²) in [6.45, 7) is 2.05. The standard InChI is InChI=1S/C18H22F6N4O/c19-17(20,21)13-4-1-3-11-12(9-15(18(22,23)24)28-16(11)13)14(29)10-27-8-7-26-6-2-5-25/h1,3-4,9,14,26-27,29H,2,5-8,10,25H2. The molecule has 0 amide bonds. The van der Waals surface area contributed by atoms with E-state index in [-0.39, 0.29) is 17.5 Å². The summed E-state index contributed by atoms with van der Waals surface area (Å²) in [6, 6.07) is 3.54. The first-order valence-electron chi connectivity index (χ1n) is 8.93. The van der Waals surface area contributed by atoms with Crippen molar-refractivity contribution in [1.82, 2.24) is 15.6 Å². The van der Waals surface area contributed by atoms with Gasteiger partial charge in [0.25, 0.3) is 0 Å². The number of nitrogens with zero attached hydrogens (tertiary/aromatic N) is 1. The van der Waals surface area contributed by atoms with Gasteiger partial charge < -0.3 is 21.5 Å². The maximum atomic E-state index is 13.2. The van der Waals surface area contributed by atoms with Crippen molar-refractivity contribution in [1.29, 1.82) is 0 Å². The minimum absolute atomic E-state index is 0.134. The maximum Gasteiger partial charge on any atom is 0.433 e. The molecule has 0 saturated heterocycles. The van der Waals surface area contributed by atoms with E-state index in [0.29, 0.717) is 38.3 Å². The Labute approximate surface area is 163 Å². The van der Waals surface area contributed by atoms with Crippen LogP contribution in [0.5, 0.6) is 0 Å². The number of fused-ring (bicyclic) bond motifs is 1. The van der Waals surface area contributed by atoms with Crippen LogP contribution in [0, 0.1) is 0 Å². The molecule has 0 bridgehead atoms. The number of halogens is 6. The summed E-state index contributed by atoms with van der Waals surface area (Å²) in [5.41, 5.74) is 1.48. The van der Waals surface area contributed by atoms with Crippen LogP contribution >= 0.6 is 0 Å². The molecule has 29 heavy (non-hydrogen) atoms. The Morgan fingerprint density at radius 3 is 2.31 bits per heavy atom. The number of pyridine rings is 1. The lowest BCUT2D eigenvalue weighted by Crippen LogP contribution is -2.31. The summed E-state index contributed by atoms with van der Waals surface area (Å²) in [7, 11) is 0. The van der Waals surface area contributed by atoms with Crippen LogP contribution in [-0.2, 0) is 12.4 Å². The molecule has 0 aliphatic carbocycles. The first-order valence-corrected chi connectivity index (χ1v) is 8.93. The molecule has 0 spiro atoms. The average Bonchev–Trinajstić information content (AvgIpc) is 2.64. The van der Waals surface area contributed by atoms with Crippen LogP contribution in [0.4, 0.5) is 26.3 Å². The highest BCUT2D eigenvalue weighted by molar-refractivity contribution is 5.86. The van der Waals surface area contributed by atoms with E-state index in [2.05, 4.69) is 15.6 Å². The van der Waals surface area contributed by atoms with E-state index >= 15 is 0 Å². The largest absolute Gasteiger partial charge is 0.433 e. The number of alkyl halides is 6. The summed E-state index contributed by atoms with van der Waals surface area (Å²) in [6.07, 6.45) is -10.5. The van der Waals surface area contributed by atoms with Crippen molar-refractivity contribution in [3.63, 3.8) is 0 Å². The third kappa shape index (κ3) is 6.26. The third-order valence-corrected chi connectivity index (χ3v) is 4.20. The van der Waals surface area contributed by atoms with E-state index in [1.54, 1.807) is 0 Å². The minimum Gasteiger partial charge on any atom is -0.387 e. The second-order valence-corrected chi connectivity index (χ2v) is 6.41. The molecule has 1 aromatic carbocycles. The van der Waals surface area contributed by atoms with Gasteiger partial charge in [0.1, 0.15) is 5.69 Å². The number of aromatic nitrogens is 1. The quantitative estimate of drug-likeness (QED) is 0.368. The first-order chi connectivity index (χ1) is 13.6. The molecule has 5 N–H and O–H groups in total. The molecule has 2 aromatic rings. The SMILES string of the molecule is NCCCNCCNCC(O)c1cc(C(F)(F)F)nc2c(C(F)(F)F)cccc12. The molecular formula is C18H22F6N4O. The lowest BCUT2D eigenvalue weighted by Gasteiger charge is -2.19. The van der Waals surface area contributed by atoms with E-state index in [9.17, 15) is 31.4 Å². The van der Waals surface area contributed by atoms with Crippen molar-refractivity contribution < 1.29 is 31.4 Å². The molecule has 0 fully saturated rings. The van der Waals surface area contributed by atoms with Gasteiger partial charge in [-0.05, 0) is 37.2 Å². The fraction of sp³-hybridized carbons (Fsp3) is 0.500. The van der Waals surface area contributed by atoms with Crippen molar-refractivity contribution in [3.05, 3.63) is 41.1 Å². The molecular weight excluding hydrogens is 402 g/mol. The molecule has 0 saturated carbocycles. The third-order valence-electron chi connectivity index (χ3n) is 4.20. The molecule has 1 unspecified atom stereocenters. The number of para-hydroxylation sites is 1. The fourth-order valence-electron chi connectivity index (χ4n) is 2.80. The van der Waals surface area contributed by atoms with Crippen LogP contribution in [0.25, 0.3) is 10.9 Å². The average molecular weight is 424 g/mol. The van der Waals surface area contributed by atoms with Crippen molar-refractivity contribution >= 4 is 10.9 Å². The molecule has 11 heteroatoms. The lowest BCUT2D eigenvalue weighted by atomic mass is 9.99. The van der Waals surface area contributed by atoms with E-state index in [1.165, 1.54) is 6.07 Å². The normalized spacial score (nSPS) is 13.8. The Kier molecular flexibility index (Phi) is 7.80. The summed E-state index contributed by atoms with van der Waals surface area (Å²) in [4.78, 5) is 3.20. The van der Waals surface area contributed by atoms with E-state index in [1.807, 2.05) is 0 Å². The van der Waals surface area contributed by atoms with Gasteiger partial charge in [-0.25, -0.2) is 4.98 Å². The van der Waals surface area contributed by atoms with Gasteiger partial charge in [-0.3, -0.25) is 0 Å².